The van der Waals surface area contributed by atoms with Gasteiger partial charge in [-0.25, -0.2) is 0 Å². The third-order valence-corrected chi connectivity index (χ3v) is 1.87. The molecule has 1 unspecified atom stereocenters. The predicted molar refractivity (Wildman–Crippen MR) is 34.2 cm³/mol. The molecule has 2 atom stereocenters. The topological polar surface area (TPSA) is 9.23 Å². The van der Waals surface area contributed by atoms with Crippen LogP contribution in [0.15, 0.2) is 0 Å². The molecule has 1 rings (SSSR count). The summed E-state index contributed by atoms with van der Waals surface area (Å²) in [7, 11) is 0. The second-order valence-corrected chi connectivity index (χ2v) is 3.05. The molecule has 0 aliphatic carbocycles. The first-order chi connectivity index (χ1) is 5.00. The Bertz CT molecular complexity index is 124. The van der Waals surface area contributed by atoms with E-state index in [0.29, 0.717) is 6.42 Å². The standard InChI is InChI=1S/C7H11F3O/c1-5-2-3-6(11-4-5)7(8,9)10/h5-6H,2-4H2,1H3/t5-,6?/m1/s1. The smallest absolute Gasteiger partial charge is 0.369 e. The molecule has 66 valence electrons. The van der Waals surface area contributed by atoms with Crippen LogP contribution in [-0.2, 0) is 4.74 Å². The van der Waals surface area contributed by atoms with Gasteiger partial charge in [-0.3, -0.25) is 0 Å². The molecule has 1 aliphatic heterocycles. The fourth-order valence-electron chi connectivity index (χ4n) is 1.14. The highest BCUT2D eigenvalue weighted by Gasteiger charge is 2.42. The summed E-state index contributed by atoms with van der Waals surface area (Å²) in [5.74, 6) is 0.272. The molecular weight excluding hydrogens is 157 g/mol. The third kappa shape index (κ3) is 2.36. The summed E-state index contributed by atoms with van der Waals surface area (Å²) < 4.78 is 40.5. The summed E-state index contributed by atoms with van der Waals surface area (Å²) in [5.41, 5.74) is 0. The van der Waals surface area contributed by atoms with Crippen LogP contribution in [0.4, 0.5) is 13.2 Å². The van der Waals surface area contributed by atoms with E-state index in [0.717, 1.165) is 0 Å². The number of halogens is 3. The van der Waals surface area contributed by atoms with E-state index in [1.165, 1.54) is 0 Å². The zero-order valence-corrected chi connectivity index (χ0v) is 6.32. The zero-order valence-electron chi connectivity index (χ0n) is 6.32. The van der Waals surface area contributed by atoms with E-state index in [4.69, 9.17) is 0 Å². The van der Waals surface area contributed by atoms with Crippen LogP contribution >= 0.6 is 0 Å². The quantitative estimate of drug-likeness (QED) is 0.539. The normalized spacial score (nSPS) is 33.8. The minimum absolute atomic E-state index is 0.116. The Morgan fingerprint density at radius 3 is 2.27 bits per heavy atom. The van der Waals surface area contributed by atoms with E-state index in [1.54, 1.807) is 0 Å². The molecule has 0 bridgehead atoms. The van der Waals surface area contributed by atoms with Crippen LogP contribution in [0.3, 0.4) is 0 Å². The highest BCUT2D eigenvalue weighted by Crippen LogP contribution is 2.31. The van der Waals surface area contributed by atoms with Gasteiger partial charge in [0.25, 0.3) is 0 Å². The van der Waals surface area contributed by atoms with Gasteiger partial charge in [0.1, 0.15) is 0 Å². The first-order valence-electron chi connectivity index (χ1n) is 3.68. The van der Waals surface area contributed by atoms with E-state index in [9.17, 15) is 13.2 Å². The van der Waals surface area contributed by atoms with Gasteiger partial charge >= 0.3 is 6.18 Å². The predicted octanol–water partition coefficient (Wildman–Crippen LogP) is 2.36. The van der Waals surface area contributed by atoms with Crippen molar-refractivity contribution in [2.75, 3.05) is 6.61 Å². The molecule has 0 aromatic heterocycles. The van der Waals surface area contributed by atoms with Crippen molar-refractivity contribution in [3.63, 3.8) is 0 Å². The van der Waals surface area contributed by atoms with Gasteiger partial charge < -0.3 is 4.74 Å². The van der Waals surface area contributed by atoms with Crippen molar-refractivity contribution in [1.82, 2.24) is 0 Å². The molecule has 0 aromatic carbocycles. The third-order valence-electron chi connectivity index (χ3n) is 1.87. The van der Waals surface area contributed by atoms with Crippen molar-refractivity contribution in [3.8, 4) is 0 Å². The number of hydrogen-bond acceptors (Lipinski definition) is 1. The maximum atomic E-state index is 11.9. The van der Waals surface area contributed by atoms with Gasteiger partial charge in [-0.15, -0.1) is 0 Å². The summed E-state index contributed by atoms with van der Waals surface area (Å²) in [4.78, 5) is 0. The molecule has 1 aliphatic rings. The molecule has 1 heterocycles. The Kier molecular flexibility index (Phi) is 2.42. The molecule has 0 spiro atoms. The number of ether oxygens (including phenoxy) is 1. The van der Waals surface area contributed by atoms with Gasteiger partial charge in [-0.1, -0.05) is 6.92 Å². The molecule has 4 heteroatoms. The monoisotopic (exact) mass is 168 g/mol. The molecule has 1 saturated heterocycles. The van der Waals surface area contributed by atoms with Crippen LogP contribution in [-0.4, -0.2) is 18.9 Å². The second-order valence-electron chi connectivity index (χ2n) is 3.05. The minimum atomic E-state index is -4.17. The van der Waals surface area contributed by atoms with E-state index in [2.05, 4.69) is 4.74 Å². The summed E-state index contributed by atoms with van der Waals surface area (Å²) >= 11 is 0. The van der Waals surface area contributed by atoms with Crippen LogP contribution in [0.5, 0.6) is 0 Å². The van der Waals surface area contributed by atoms with Crippen LogP contribution < -0.4 is 0 Å². The van der Waals surface area contributed by atoms with Gasteiger partial charge in [0.15, 0.2) is 6.10 Å². The fourth-order valence-corrected chi connectivity index (χ4v) is 1.14. The lowest BCUT2D eigenvalue weighted by Gasteiger charge is -2.28. The zero-order chi connectivity index (χ0) is 8.48. The lowest BCUT2D eigenvalue weighted by Crippen LogP contribution is -2.36. The van der Waals surface area contributed by atoms with Crippen molar-refractivity contribution >= 4 is 0 Å². The van der Waals surface area contributed by atoms with E-state index < -0.39 is 12.3 Å². The Morgan fingerprint density at radius 2 is 1.91 bits per heavy atom. The average Bonchev–Trinajstić information content (AvgIpc) is 1.86. The maximum absolute atomic E-state index is 11.9. The fraction of sp³-hybridized carbons (Fsp3) is 1.00. The molecule has 1 nitrogen and oxygen atoms in total. The first kappa shape index (κ1) is 8.84. The number of rotatable bonds is 0. The maximum Gasteiger partial charge on any atom is 0.414 e. The summed E-state index contributed by atoms with van der Waals surface area (Å²) in [6, 6.07) is 0. The van der Waals surface area contributed by atoms with Crippen molar-refractivity contribution in [3.05, 3.63) is 0 Å². The lowest BCUT2D eigenvalue weighted by atomic mass is 10.0. The molecule has 0 saturated carbocycles. The van der Waals surface area contributed by atoms with E-state index in [-0.39, 0.29) is 18.9 Å². The van der Waals surface area contributed by atoms with Gasteiger partial charge in [0, 0.05) is 6.61 Å². The summed E-state index contributed by atoms with van der Waals surface area (Å²) in [6.45, 7) is 2.14. The molecule has 0 radical (unpaired) electrons. The van der Waals surface area contributed by atoms with Crippen molar-refractivity contribution in [2.45, 2.75) is 32.0 Å². The van der Waals surface area contributed by atoms with E-state index in [1.807, 2.05) is 6.92 Å². The molecule has 11 heavy (non-hydrogen) atoms. The molecule has 0 aromatic rings. The summed E-state index contributed by atoms with van der Waals surface area (Å²) in [5, 5.41) is 0. The molecule has 0 amide bonds. The van der Waals surface area contributed by atoms with Crippen molar-refractivity contribution < 1.29 is 17.9 Å². The molecule has 0 N–H and O–H groups in total. The van der Waals surface area contributed by atoms with Crippen LogP contribution in [0.25, 0.3) is 0 Å². The van der Waals surface area contributed by atoms with Gasteiger partial charge in [-0.05, 0) is 18.8 Å². The highest BCUT2D eigenvalue weighted by atomic mass is 19.4. The Labute approximate surface area is 63.5 Å². The lowest BCUT2D eigenvalue weighted by molar-refractivity contribution is -0.234. The Morgan fingerprint density at radius 1 is 1.27 bits per heavy atom. The van der Waals surface area contributed by atoms with E-state index >= 15 is 0 Å². The largest absolute Gasteiger partial charge is 0.414 e. The first-order valence-corrected chi connectivity index (χ1v) is 3.68. The van der Waals surface area contributed by atoms with Crippen LogP contribution in [0.2, 0.25) is 0 Å². The second kappa shape index (κ2) is 3.01. The minimum Gasteiger partial charge on any atom is -0.369 e. The Hall–Kier alpha value is -0.250. The van der Waals surface area contributed by atoms with Crippen molar-refractivity contribution in [2.24, 2.45) is 5.92 Å². The van der Waals surface area contributed by atoms with Crippen LogP contribution in [0, 0.1) is 5.92 Å². The average molecular weight is 168 g/mol. The SMILES string of the molecule is C[C@@H]1CCC(C(F)(F)F)OC1. The summed E-state index contributed by atoms with van der Waals surface area (Å²) in [6.07, 6.45) is -4.95. The van der Waals surface area contributed by atoms with Gasteiger partial charge in [-0.2, -0.15) is 13.2 Å². The van der Waals surface area contributed by atoms with Crippen LogP contribution in [0.1, 0.15) is 19.8 Å². The van der Waals surface area contributed by atoms with Crippen molar-refractivity contribution in [1.29, 1.82) is 0 Å². The Balaban J connectivity index is 2.39. The number of alkyl halides is 3. The molecule has 1 fully saturated rings. The highest BCUT2D eigenvalue weighted by molar-refractivity contribution is 4.73. The number of hydrogen-bond donors (Lipinski definition) is 0. The van der Waals surface area contributed by atoms with Gasteiger partial charge in [0.05, 0.1) is 0 Å². The van der Waals surface area contributed by atoms with Gasteiger partial charge in [0.2, 0.25) is 0 Å². The molecular formula is C7H11F3O.